The van der Waals surface area contributed by atoms with Crippen molar-refractivity contribution >= 4 is 11.8 Å². The number of piperidine rings is 1. The first-order valence-electron chi connectivity index (χ1n) is 9.20. The molecule has 1 saturated heterocycles. The van der Waals surface area contributed by atoms with E-state index in [-0.39, 0.29) is 17.5 Å². The molecule has 4 rings (SSSR count). The molecule has 7 nitrogen and oxygen atoms in total. The van der Waals surface area contributed by atoms with Crippen LogP contribution in [0.25, 0.3) is 0 Å². The summed E-state index contributed by atoms with van der Waals surface area (Å²) in [6, 6.07) is 3.73. The van der Waals surface area contributed by atoms with Crippen molar-refractivity contribution in [3.05, 3.63) is 29.8 Å². The van der Waals surface area contributed by atoms with Gasteiger partial charge in [-0.25, -0.2) is 4.79 Å². The Labute approximate surface area is 147 Å². The lowest BCUT2D eigenvalue weighted by Crippen LogP contribution is -2.41. The summed E-state index contributed by atoms with van der Waals surface area (Å²) in [6.45, 7) is 2.95. The smallest absolute Gasteiger partial charge is 0.323 e. The monoisotopic (exact) mass is 343 g/mol. The third kappa shape index (κ3) is 3.15. The highest BCUT2D eigenvalue weighted by Crippen LogP contribution is 2.41. The van der Waals surface area contributed by atoms with E-state index in [0.717, 1.165) is 50.1 Å². The Morgan fingerprint density at radius 3 is 2.96 bits per heavy atom. The van der Waals surface area contributed by atoms with Gasteiger partial charge in [0.2, 0.25) is 0 Å². The molecule has 1 aliphatic carbocycles. The van der Waals surface area contributed by atoms with Gasteiger partial charge in [0, 0.05) is 24.2 Å². The maximum atomic E-state index is 12.8. The van der Waals surface area contributed by atoms with Crippen molar-refractivity contribution in [1.29, 1.82) is 0 Å². The maximum Gasteiger partial charge on any atom is 0.323 e. The number of nitrogens with zero attached hydrogens (tertiary/aromatic N) is 3. The van der Waals surface area contributed by atoms with Crippen LogP contribution in [0, 0.1) is 0 Å². The largest absolute Gasteiger partial charge is 0.359 e. The summed E-state index contributed by atoms with van der Waals surface area (Å²) < 4.78 is 5.54. The average Bonchev–Trinajstić information content (AvgIpc) is 3.37. The van der Waals surface area contributed by atoms with Crippen LogP contribution in [0.1, 0.15) is 69.4 Å². The van der Waals surface area contributed by atoms with E-state index < -0.39 is 0 Å². The molecule has 2 fully saturated rings. The van der Waals surface area contributed by atoms with E-state index >= 15 is 0 Å². The zero-order valence-electron chi connectivity index (χ0n) is 14.6. The third-order valence-corrected chi connectivity index (χ3v) is 5.69. The lowest BCUT2D eigenvalue weighted by molar-refractivity contribution is 0.161. The molecule has 0 spiro atoms. The summed E-state index contributed by atoms with van der Waals surface area (Å²) >= 11 is 0. The van der Waals surface area contributed by atoms with Crippen LogP contribution in [0.15, 0.2) is 22.9 Å². The van der Waals surface area contributed by atoms with Gasteiger partial charge in [-0.1, -0.05) is 24.9 Å². The first kappa shape index (κ1) is 16.2. The van der Waals surface area contributed by atoms with Gasteiger partial charge in [-0.15, -0.1) is 0 Å². The number of anilines is 1. The summed E-state index contributed by atoms with van der Waals surface area (Å²) in [6.07, 6.45) is 9.47. The van der Waals surface area contributed by atoms with E-state index in [4.69, 9.17) is 4.52 Å². The second kappa shape index (κ2) is 6.54. The molecule has 1 aliphatic heterocycles. The minimum absolute atomic E-state index is 0.0370. The molecule has 1 unspecified atom stereocenters. The summed E-state index contributed by atoms with van der Waals surface area (Å²) in [4.78, 5) is 14.6. The molecular formula is C18H25N5O2. The molecule has 2 aromatic rings. The molecule has 0 aromatic carbocycles. The molecule has 2 N–H and O–H groups in total. The van der Waals surface area contributed by atoms with Crippen molar-refractivity contribution in [3.63, 3.8) is 0 Å². The summed E-state index contributed by atoms with van der Waals surface area (Å²) in [5, 5.41) is 14.0. The standard InChI is InChI=1S/C18H25N5O2/c1-18(8-3-4-9-18)15-12-16(22-25-15)20-17(24)23-11-5-2-6-14(23)13-7-10-19-21-13/h7,10,12,14H,2-6,8-9,11H2,1H3,(H,19,21)(H,20,22,24). The number of carbonyl (C=O) groups excluding carboxylic acids is 1. The number of nitrogens with one attached hydrogen (secondary N) is 2. The van der Waals surface area contributed by atoms with Crippen LogP contribution in [0.2, 0.25) is 0 Å². The molecule has 0 radical (unpaired) electrons. The number of hydrogen-bond donors (Lipinski definition) is 2. The van der Waals surface area contributed by atoms with Gasteiger partial charge in [0.25, 0.3) is 0 Å². The minimum atomic E-state index is -0.129. The zero-order valence-corrected chi connectivity index (χ0v) is 14.6. The first-order chi connectivity index (χ1) is 12.2. The first-order valence-corrected chi connectivity index (χ1v) is 9.20. The van der Waals surface area contributed by atoms with Crippen molar-refractivity contribution in [2.24, 2.45) is 0 Å². The fourth-order valence-electron chi connectivity index (χ4n) is 4.15. The molecule has 134 valence electrons. The molecule has 2 aliphatic rings. The lowest BCUT2D eigenvalue weighted by Gasteiger charge is -2.34. The van der Waals surface area contributed by atoms with Crippen molar-refractivity contribution < 1.29 is 9.32 Å². The fourth-order valence-corrected chi connectivity index (χ4v) is 4.15. The second-order valence-corrected chi connectivity index (χ2v) is 7.49. The number of aromatic nitrogens is 3. The van der Waals surface area contributed by atoms with Gasteiger partial charge in [-0.05, 0) is 38.2 Å². The van der Waals surface area contributed by atoms with Gasteiger partial charge < -0.3 is 9.42 Å². The number of carbonyl (C=O) groups is 1. The van der Waals surface area contributed by atoms with E-state index in [9.17, 15) is 4.79 Å². The van der Waals surface area contributed by atoms with Gasteiger partial charge >= 0.3 is 6.03 Å². The van der Waals surface area contributed by atoms with Gasteiger partial charge in [-0.3, -0.25) is 10.4 Å². The van der Waals surface area contributed by atoms with Crippen LogP contribution in [0.5, 0.6) is 0 Å². The Morgan fingerprint density at radius 2 is 2.20 bits per heavy atom. The van der Waals surface area contributed by atoms with E-state index in [2.05, 4.69) is 27.6 Å². The Balaban J connectivity index is 1.47. The molecule has 2 amide bonds. The highest BCUT2D eigenvalue weighted by molar-refractivity contribution is 5.88. The Hall–Kier alpha value is -2.31. The predicted octanol–water partition coefficient (Wildman–Crippen LogP) is 3.99. The summed E-state index contributed by atoms with van der Waals surface area (Å²) in [5.41, 5.74) is 1.04. The Kier molecular flexibility index (Phi) is 4.23. The quantitative estimate of drug-likeness (QED) is 0.882. The normalized spacial score (nSPS) is 22.9. The average molecular weight is 343 g/mol. The maximum absolute atomic E-state index is 12.8. The number of hydrogen-bond acceptors (Lipinski definition) is 4. The van der Waals surface area contributed by atoms with Gasteiger partial charge in [0.1, 0.15) is 5.76 Å². The van der Waals surface area contributed by atoms with Crippen LogP contribution in [0.3, 0.4) is 0 Å². The SMILES string of the molecule is CC1(c2cc(NC(=O)N3CCCCC3c3ccn[nH]3)no2)CCCC1. The predicted molar refractivity (Wildman–Crippen MR) is 93.2 cm³/mol. The number of aromatic amines is 1. The molecule has 3 heterocycles. The number of likely N-dealkylation sites (tertiary alicyclic amines) is 1. The molecule has 1 saturated carbocycles. The van der Waals surface area contributed by atoms with Gasteiger partial charge in [0.05, 0.1) is 11.7 Å². The molecule has 25 heavy (non-hydrogen) atoms. The van der Waals surface area contributed by atoms with Crippen molar-refractivity contribution in [2.75, 3.05) is 11.9 Å². The fraction of sp³-hybridized carbons (Fsp3) is 0.611. The second-order valence-electron chi connectivity index (χ2n) is 7.49. The highest BCUT2D eigenvalue weighted by Gasteiger charge is 2.35. The van der Waals surface area contributed by atoms with Crippen molar-refractivity contribution in [1.82, 2.24) is 20.3 Å². The number of amides is 2. The molecule has 2 aromatic heterocycles. The van der Waals surface area contributed by atoms with Crippen molar-refractivity contribution in [3.8, 4) is 0 Å². The van der Waals surface area contributed by atoms with E-state index in [1.807, 2.05) is 17.0 Å². The molecular weight excluding hydrogens is 318 g/mol. The van der Waals surface area contributed by atoms with Gasteiger partial charge in [-0.2, -0.15) is 5.10 Å². The van der Waals surface area contributed by atoms with Crippen LogP contribution in [0.4, 0.5) is 10.6 Å². The van der Waals surface area contributed by atoms with Crippen molar-refractivity contribution in [2.45, 2.75) is 63.3 Å². The Morgan fingerprint density at radius 1 is 1.36 bits per heavy atom. The molecule has 0 bridgehead atoms. The zero-order chi connectivity index (χ0) is 17.3. The van der Waals surface area contributed by atoms with Crippen LogP contribution >= 0.6 is 0 Å². The van der Waals surface area contributed by atoms with E-state index in [0.29, 0.717) is 5.82 Å². The number of urea groups is 1. The van der Waals surface area contributed by atoms with E-state index in [1.165, 1.54) is 12.8 Å². The van der Waals surface area contributed by atoms with Gasteiger partial charge in [0.15, 0.2) is 5.82 Å². The highest BCUT2D eigenvalue weighted by atomic mass is 16.5. The lowest BCUT2D eigenvalue weighted by atomic mass is 9.86. The summed E-state index contributed by atoms with van der Waals surface area (Å²) in [7, 11) is 0. The van der Waals surface area contributed by atoms with Crippen LogP contribution < -0.4 is 5.32 Å². The molecule has 1 atom stereocenters. The molecule has 7 heteroatoms. The van der Waals surface area contributed by atoms with Crippen LogP contribution in [-0.2, 0) is 5.41 Å². The number of H-pyrrole nitrogens is 1. The van der Waals surface area contributed by atoms with E-state index in [1.54, 1.807) is 6.20 Å². The summed E-state index contributed by atoms with van der Waals surface area (Å²) in [5.74, 6) is 1.38. The third-order valence-electron chi connectivity index (χ3n) is 5.69. The minimum Gasteiger partial charge on any atom is -0.359 e. The van der Waals surface area contributed by atoms with Crippen LogP contribution in [-0.4, -0.2) is 32.8 Å². The Bertz CT molecular complexity index is 718. The number of rotatable bonds is 3. The topological polar surface area (TPSA) is 87.0 Å².